The minimum absolute atomic E-state index is 0.0352. The Bertz CT molecular complexity index is 1780. The third-order valence-corrected chi connectivity index (χ3v) is 9.63. The number of benzene rings is 2. The lowest BCUT2D eigenvalue weighted by Crippen LogP contribution is -2.37. The number of aliphatic imine (C=N–C) groups is 1. The van der Waals surface area contributed by atoms with Crippen LogP contribution in [0.5, 0.6) is 0 Å². The number of halogens is 2. The van der Waals surface area contributed by atoms with Crippen LogP contribution in [-0.2, 0) is 23.8 Å². The normalized spacial score (nSPS) is 14.2. The maximum absolute atomic E-state index is 14.1. The molecule has 1 fully saturated rings. The number of nitrogens with two attached hydrogens (primary N) is 3. The fourth-order valence-corrected chi connectivity index (χ4v) is 6.22. The quantitative estimate of drug-likeness (QED) is 0.0678. The molecule has 0 radical (unpaired) electrons. The summed E-state index contributed by atoms with van der Waals surface area (Å²) in [5.41, 5.74) is 21.7. The summed E-state index contributed by atoms with van der Waals surface area (Å²) in [7, 11) is 0. The van der Waals surface area contributed by atoms with Crippen molar-refractivity contribution in [2.45, 2.75) is 97.4 Å². The molecule has 9 nitrogen and oxygen atoms in total. The van der Waals surface area contributed by atoms with Crippen LogP contribution >= 0.6 is 11.6 Å². The molecule has 0 bridgehead atoms. The molecule has 0 spiro atoms. The first kappa shape index (κ1) is 38.1. The summed E-state index contributed by atoms with van der Waals surface area (Å²) in [5, 5.41) is 4.51. The van der Waals surface area contributed by atoms with Gasteiger partial charge in [0, 0.05) is 35.8 Å². The van der Waals surface area contributed by atoms with Crippen molar-refractivity contribution in [2.75, 3.05) is 19.6 Å². The molecule has 0 unspecified atom stereocenters. The monoisotopic (exact) mass is 692 g/mol. The molecular formula is C38H54ClFN8O. The molecule has 2 aromatic heterocycles. The first-order chi connectivity index (χ1) is 23.0. The van der Waals surface area contributed by atoms with Crippen molar-refractivity contribution in [3.8, 4) is 5.69 Å². The van der Waals surface area contributed by atoms with Crippen LogP contribution in [-0.4, -0.2) is 40.1 Å². The molecule has 1 aliphatic carbocycles. The predicted molar refractivity (Wildman–Crippen MR) is 201 cm³/mol. The second-order valence-electron chi connectivity index (χ2n) is 15.4. The van der Waals surface area contributed by atoms with E-state index < -0.39 is 0 Å². The van der Waals surface area contributed by atoms with Crippen LogP contribution in [0.1, 0.15) is 96.0 Å². The van der Waals surface area contributed by atoms with Crippen molar-refractivity contribution in [1.29, 1.82) is 0 Å². The molecule has 2 aromatic carbocycles. The van der Waals surface area contributed by atoms with Crippen molar-refractivity contribution in [1.82, 2.24) is 19.9 Å². The van der Waals surface area contributed by atoms with E-state index in [1.54, 1.807) is 10.6 Å². The van der Waals surface area contributed by atoms with Crippen molar-refractivity contribution in [3.05, 3.63) is 92.4 Å². The summed E-state index contributed by atoms with van der Waals surface area (Å²) < 4.78 is 15.7. The highest BCUT2D eigenvalue weighted by molar-refractivity contribution is 6.30. The van der Waals surface area contributed by atoms with Gasteiger partial charge in [0.15, 0.2) is 5.96 Å². The van der Waals surface area contributed by atoms with Gasteiger partial charge in [0.2, 0.25) is 0 Å². The van der Waals surface area contributed by atoms with Gasteiger partial charge in [0.05, 0.1) is 10.7 Å². The van der Waals surface area contributed by atoms with Gasteiger partial charge in [-0.1, -0.05) is 77.8 Å². The van der Waals surface area contributed by atoms with Crippen molar-refractivity contribution < 1.29 is 4.39 Å². The van der Waals surface area contributed by atoms with Gasteiger partial charge in [0.1, 0.15) is 11.5 Å². The van der Waals surface area contributed by atoms with E-state index >= 15 is 0 Å². The van der Waals surface area contributed by atoms with Gasteiger partial charge in [-0.2, -0.15) is 4.98 Å². The Kier molecular flexibility index (Phi) is 12.3. The maximum Gasteiger partial charge on any atom is 0.354 e. The third-order valence-electron chi connectivity index (χ3n) is 9.35. The second-order valence-corrected chi connectivity index (χ2v) is 15.8. The number of guanidine groups is 1. The molecule has 0 amide bonds. The Labute approximate surface area is 294 Å². The number of H-pyrrole nitrogens is 1. The Morgan fingerprint density at radius 3 is 2.33 bits per heavy atom. The SMILES string of the molecule is CC(C)(C)c1cc(CCC2(CN)CCC2)cc(Cl)c1F.CC(C)(C)c1cc2cn(-c3ccc(CNCCCN=C(N)N)cc3)c(=O)nc2[nH]1. The number of hydrogen-bond acceptors (Lipinski definition) is 5. The highest BCUT2D eigenvalue weighted by Crippen LogP contribution is 2.44. The molecule has 0 saturated heterocycles. The summed E-state index contributed by atoms with van der Waals surface area (Å²) in [4.78, 5) is 23.9. The van der Waals surface area contributed by atoms with Crippen LogP contribution in [0.2, 0.25) is 5.02 Å². The number of fused-ring (bicyclic) bond motifs is 1. The van der Waals surface area contributed by atoms with E-state index in [1.807, 2.05) is 57.3 Å². The fourth-order valence-electron chi connectivity index (χ4n) is 5.98. The molecule has 5 rings (SSSR count). The Hall–Kier alpha value is -3.73. The highest BCUT2D eigenvalue weighted by Gasteiger charge is 2.35. The van der Waals surface area contributed by atoms with Crippen LogP contribution in [0.4, 0.5) is 4.39 Å². The molecule has 1 saturated carbocycles. The minimum atomic E-state index is -0.301. The van der Waals surface area contributed by atoms with E-state index in [-0.39, 0.29) is 33.3 Å². The molecule has 8 N–H and O–H groups in total. The summed E-state index contributed by atoms with van der Waals surface area (Å²) in [5.74, 6) is -0.155. The first-order valence-corrected chi connectivity index (χ1v) is 17.6. The van der Waals surface area contributed by atoms with Crippen molar-refractivity contribution >= 4 is 28.6 Å². The van der Waals surface area contributed by atoms with E-state index in [2.05, 4.69) is 47.1 Å². The largest absolute Gasteiger partial charge is 0.370 e. The topological polar surface area (TPSA) is 153 Å². The molecule has 4 aromatic rings. The van der Waals surface area contributed by atoms with Gasteiger partial charge in [-0.05, 0) is 97.0 Å². The summed E-state index contributed by atoms with van der Waals surface area (Å²) in [6, 6.07) is 13.7. The van der Waals surface area contributed by atoms with E-state index in [1.165, 1.54) is 19.3 Å². The minimum Gasteiger partial charge on any atom is -0.370 e. The van der Waals surface area contributed by atoms with E-state index in [9.17, 15) is 9.18 Å². The number of aryl methyl sites for hydroxylation is 1. The van der Waals surface area contributed by atoms with Gasteiger partial charge in [-0.25, -0.2) is 9.18 Å². The summed E-state index contributed by atoms with van der Waals surface area (Å²) in [6.45, 7) is 15.3. The molecule has 266 valence electrons. The number of nitrogens with zero attached hydrogens (tertiary/aromatic N) is 3. The van der Waals surface area contributed by atoms with E-state index in [0.29, 0.717) is 23.2 Å². The number of aromatic amines is 1. The highest BCUT2D eigenvalue weighted by atomic mass is 35.5. The third kappa shape index (κ3) is 10.2. The Morgan fingerprint density at radius 2 is 1.76 bits per heavy atom. The second kappa shape index (κ2) is 15.9. The molecule has 2 heterocycles. The van der Waals surface area contributed by atoms with E-state index in [0.717, 1.165) is 66.8 Å². The molecule has 1 aliphatic rings. The lowest BCUT2D eigenvalue weighted by Gasteiger charge is -2.41. The number of hydrogen-bond donors (Lipinski definition) is 5. The smallest absolute Gasteiger partial charge is 0.354 e. The Balaban J connectivity index is 0.000000237. The van der Waals surface area contributed by atoms with Crippen LogP contribution in [0.15, 0.2) is 58.4 Å². The zero-order chi connectivity index (χ0) is 36.0. The van der Waals surface area contributed by atoms with Gasteiger partial charge >= 0.3 is 5.69 Å². The molecular weight excluding hydrogens is 639 g/mol. The van der Waals surface area contributed by atoms with Crippen molar-refractivity contribution in [3.63, 3.8) is 0 Å². The fraction of sp³-hybridized carbons (Fsp3) is 0.500. The standard InChI is InChI=1S/C21H29N7O.C17H25ClFN/c1-21(2,3)17-11-15-13-28(20(29)27-18(15)26-17)16-7-5-14(6-8-16)12-24-9-4-10-25-19(22)23;1-16(2,3)13-9-12(10-14(18)15(13)19)5-8-17(11-20)6-4-7-17/h5-8,11,13,24H,4,9-10,12H2,1-3H3,(H4,22,23,25)(H,26,27,29);9-10H,4-8,11,20H2,1-3H3. The van der Waals surface area contributed by atoms with Gasteiger partial charge in [0.25, 0.3) is 0 Å². The zero-order valence-corrected chi connectivity index (χ0v) is 30.7. The maximum atomic E-state index is 14.1. The van der Waals surface area contributed by atoms with Crippen LogP contribution in [0.3, 0.4) is 0 Å². The number of nitrogens with one attached hydrogen (secondary N) is 2. The average molecular weight is 693 g/mol. The molecule has 0 atom stereocenters. The van der Waals surface area contributed by atoms with Gasteiger partial charge < -0.3 is 27.5 Å². The number of aromatic nitrogens is 3. The van der Waals surface area contributed by atoms with Gasteiger partial charge in [-0.3, -0.25) is 9.56 Å². The van der Waals surface area contributed by atoms with Crippen molar-refractivity contribution in [2.24, 2.45) is 27.6 Å². The summed E-state index contributed by atoms with van der Waals surface area (Å²) >= 11 is 6.06. The van der Waals surface area contributed by atoms with Crippen LogP contribution in [0, 0.1) is 11.2 Å². The Morgan fingerprint density at radius 1 is 1.06 bits per heavy atom. The predicted octanol–water partition coefficient (Wildman–Crippen LogP) is 6.60. The summed E-state index contributed by atoms with van der Waals surface area (Å²) in [6.07, 6.45) is 8.46. The van der Waals surface area contributed by atoms with Crippen LogP contribution in [0.25, 0.3) is 16.7 Å². The van der Waals surface area contributed by atoms with Gasteiger partial charge in [-0.15, -0.1) is 0 Å². The lowest BCUT2D eigenvalue weighted by molar-refractivity contribution is 0.131. The number of rotatable bonds is 11. The average Bonchev–Trinajstić information content (AvgIpc) is 3.43. The zero-order valence-electron chi connectivity index (χ0n) is 29.9. The molecule has 11 heteroatoms. The molecule has 49 heavy (non-hydrogen) atoms. The van der Waals surface area contributed by atoms with Crippen LogP contribution < -0.4 is 28.2 Å². The lowest BCUT2D eigenvalue weighted by atomic mass is 9.66. The van der Waals surface area contributed by atoms with E-state index in [4.69, 9.17) is 28.8 Å². The molecule has 0 aliphatic heterocycles. The first-order valence-electron chi connectivity index (χ1n) is 17.2.